The predicted octanol–water partition coefficient (Wildman–Crippen LogP) is 4.26. The zero-order valence-corrected chi connectivity index (χ0v) is 14.6. The second-order valence-electron chi connectivity index (χ2n) is 5.82. The number of thioether (sulfide) groups is 1. The van der Waals surface area contributed by atoms with Crippen molar-refractivity contribution in [2.45, 2.75) is 13.5 Å². The van der Waals surface area contributed by atoms with Gasteiger partial charge in [0.25, 0.3) is 0 Å². The summed E-state index contributed by atoms with van der Waals surface area (Å²) in [5.74, 6) is 1.57. The molecule has 0 unspecified atom stereocenters. The van der Waals surface area contributed by atoms with Crippen LogP contribution in [0, 0.1) is 12.7 Å². The fourth-order valence-electron chi connectivity index (χ4n) is 3.22. The van der Waals surface area contributed by atoms with Crippen LogP contribution < -0.4 is 5.32 Å². The molecule has 0 saturated carbocycles. The van der Waals surface area contributed by atoms with Gasteiger partial charge in [-0.15, -0.1) is 0 Å². The number of halogens is 1. The Morgan fingerprint density at radius 1 is 1.00 bits per heavy atom. The van der Waals surface area contributed by atoms with Crippen LogP contribution in [-0.4, -0.2) is 29.8 Å². The third-order valence-corrected chi connectivity index (χ3v) is 5.29. The predicted molar refractivity (Wildman–Crippen MR) is 102 cm³/mol. The summed E-state index contributed by atoms with van der Waals surface area (Å²) < 4.78 is 14.4. The maximum atomic E-state index is 14.4. The standard InChI is InChI=1S/C20H22FNOS/c1-14-15-5-2-3-6-16(15)18(13-22-9-11-24-12-10-23)17-7-4-8-19(21)20(14)17/h2-8,22-23H,9-13H2,1H3. The molecule has 4 heteroatoms. The number of rotatable bonds is 7. The second-order valence-corrected chi connectivity index (χ2v) is 7.05. The van der Waals surface area contributed by atoms with Crippen molar-refractivity contribution in [1.82, 2.24) is 5.32 Å². The number of aliphatic hydroxyl groups is 1. The first kappa shape index (κ1) is 17.2. The van der Waals surface area contributed by atoms with Crippen LogP contribution in [0.2, 0.25) is 0 Å². The quantitative estimate of drug-likeness (QED) is 0.497. The number of aliphatic hydroxyl groups excluding tert-OH is 1. The molecule has 0 radical (unpaired) electrons. The zero-order valence-electron chi connectivity index (χ0n) is 13.8. The third kappa shape index (κ3) is 3.41. The largest absolute Gasteiger partial charge is 0.396 e. The van der Waals surface area contributed by atoms with Gasteiger partial charge in [-0.2, -0.15) is 11.8 Å². The molecule has 0 amide bonds. The van der Waals surface area contributed by atoms with Crippen molar-refractivity contribution < 1.29 is 9.50 Å². The van der Waals surface area contributed by atoms with Gasteiger partial charge >= 0.3 is 0 Å². The van der Waals surface area contributed by atoms with E-state index < -0.39 is 0 Å². The van der Waals surface area contributed by atoms with E-state index in [0.717, 1.165) is 45.3 Å². The highest BCUT2D eigenvalue weighted by Crippen LogP contribution is 2.33. The molecule has 0 aliphatic heterocycles. The third-order valence-electron chi connectivity index (χ3n) is 4.33. The van der Waals surface area contributed by atoms with Crippen LogP contribution in [0.4, 0.5) is 4.39 Å². The molecule has 0 aromatic heterocycles. The average Bonchev–Trinajstić information content (AvgIpc) is 2.60. The minimum absolute atomic E-state index is 0.157. The van der Waals surface area contributed by atoms with Crippen molar-refractivity contribution >= 4 is 33.3 Å². The summed E-state index contributed by atoms with van der Waals surface area (Å²) in [6.07, 6.45) is 0. The number of fused-ring (bicyclic) bond motifs is 2. The van der Waals surface area contributed by atoms with Crippen LogP contribution in [0.5, 0.6) is 0 Å². The Morgan fingerprint density at radius 2 is 1.75 bits per heavy atom. The number of benzene rings is 3. The van der Waals surface area contributed by atoms with E-state index in [1.54, 1.807) is 17.8 Å². The van der Waals surface area contributed by atoms with E-state index in [0.29, 0.717) is 6.54 Å². The van der Waals surface area contributed by atoms with Crippen LogP contribution in [0.25, 0.3) is 21.5 Å². The van der Waals surface area contributed by atoms with Gasteiger partial charge in [-0.05, 0) is 40.3 Å². The Balaban J connectivity index is 1.98. The summed E-state index contributed by atoms with van der Waals surface area (Å²) in [5.41, 5.74) is 2.15. The first-order chi connectivity index (χ1) is 11.7. The molecule has 0 aliphatic carbocycles. The summed E-state index contributed by atoms with van der Waals surface area (Å²) >= 11 is 1.73. The Bertz CT molecular complexity index is 850. The van der Waals surface area contributed by atoms with E-state index in [4.69, 9.17) is 5.11 Å². The Morgan fingerprint density at radius 3 is 2.54 bits per heavy atom. The van der Waals surface area contributed by atoms with Crippen LogP contribution in [0.3, 0.4) is 0 Å². The molecule has 0 saturated heterocycles. The molecule has 3 aromatic rings. The van der Waals surface area contributed by atoms with Crippen LogP contribution in [0.1, 0.15) is 11.1 Å². The van der Waals surface area contributed by atoms with E-state index in [1.165, 1.54) is 11.5 Å². The molecule has 0 bridgehead atoms. The average molecular weight is 343 g/mol. The molecule has 3 aromatic carbocycles. The van der Waals surface area contributed by atoms with Gasteiger partial charge in [0.15, 0.2) is 0 Å². The van der Waals surface area contributed by atoms with Crippen LogP contribution in [0.15, 0.2) is 42.5 Å². The van der Waals surface area contributed by atoms with Gasteiger partial charge in [0.2, 0.25) is 0 Å². The molecule has 0 fully saturated rings. The molecule has 3 rings (SSSR count). The van der Waals surface area contributed by atoms with Gasteiger partial charge in [-0.3, -0.25) is 0 Å². The number of nitrogens with one attached hydrogen (secondary N) is 1. The fourth-order valence-corrected chi connectivity index (χ4v) is 3.85. The maximum Gasteiger partial charge on any atom is 0.131 e. The lowest BCUT2D eigenvalue weighted by molar-refractivity contribution is 0.322. The first-order valence-electron chi connectivity index (χ1n) is 8.21. The Kier molecular flexibility index (Phi) is 5.72. The van der Waals surface area contributed by atoms with E-state index in [9.17, 15) is 4.39 Å². The van der Waals surface area contributed by atoms with Crippen LogP contribution >= 0.6 is 11.8 Å². The summed E-state index contributed by atoms with van der Waals surface area (Å²) in [6, 6.07) is 13.5. The normalized spacial score (nSPS) is 11.5. The molecular weight excluding hydrogens is 321 g/mol. The maximum absolute atomic E-state index is 14.4. The minimum atomic E-state index is -0.157. The summed E-state index contributed by atoms with van der Waals surface area (Å²) in [6.45, 7) is 3.79. The van der Waals surface area contributed by atoms with Crippen molar-refractivity contribution in [1.29, 1.82) is 0 Å². The smallest absolute Gasteiger partial charge is 0.131 e. The second kappa shape index (κ2) is 7.97. The van der Waals surface area contributed by atoms with E-state index in [1.807, 2.05) is 25.1 Å². The molecule has 2 nitrogen and oxygen atoms in total. The zero-order chi connectivity index (χ0) is 16.9. The van der Waals surface area contributed by atoms with Gasteiger partial charge < -0.3 is 10.4 Å². The molecule has 0 aliphatic rings. The first-order valence-corrected chi connectivity index (χ1v) is 9.37. The van der Waals surface area contributed by atoms with Crippen molar-refractivity contribution in [2.24, 2.45) is 0 Å². The monoisotopic (exact) mass is 343 g/mol. The number of hydrogen-bond acceptors (Lipinski definition) is 3. The SMILES string of the molecule is Cc1c2ccccc2c(CNCCSCCO)c2cccc(F)c12. The van der Waals surface area contributed by atoms with E-state index >= 15 is 0 Å². The van der Waals surface area contributed by atoms with Crippen molar-refractivity contribution in [3.05, 3.63) is 59.4 Å². The van der Waals surface area contributed by atoms with E-state index in [2.05, 4.69) is 17.4 Å². The van der Waals surface area contributed by atoms with Crippen LogP contribution in [-0.2, 0) is 6.54 Å². The van der Waals surface area contributed by atoms with Gasteiger partial charge in [-0.1, -0.05) is 36.4 Å². The molecule has 0 atom stereocenters. The van der Waals surface area contributed by atoms with Crippen molar-refractivity contribution in [3.63, 3.8) is 0 Å². The molecule has 0 spiro atoms. The summed E-state index contributed by atoms with van der Waals surface area (Å²) in [7, 11) is 0. The molecular formula is C20H22FNOS. The topological polar surface area (TPSA) is 32.3 Å². The lowest BCUT2D eigenvalue weighted by Gasteiger charge is -2.16. The molecule has 0 heterocycles. The Hall–Kier alpha value is -1.62. The van der Waals surface area contributed by atoms with Crippen molar-refractivity contribution in [3.8, 4) is 0 Å². The van der Waals surface area contributed by atoms with Gasteiger partial charge in [0.05, 0.1) is 6.61 Å². The fraction of sp³-hybridized carbons (Fsp3) is 0.300. The number of hydrogen-bond donors (Lipinski definition) is 2. The van der Waals surface area contributed by atoms with Gasteiger partial charge in [-0.25, -0.2) is 4.39 Å². The molecule has 2 N–H and O–H groups in total. The summed E-state index contributed by atoms with van der Waals surface area (Å²) in [5, 5.41) is 16.3. The summed E-state index contributed by atoms with van der Waals surface area (Å²) in [4.78, 5) is 0. The number of aryl methyl sites for hydroxylation is 1. The van der Waals surface area contributed by atoms with E-state index in [-0.39, 0.29) is 12.4 Å². The van der Waals surface area contributed by atoms with Crippen molar-refractivity contribution in [2.75, 3.05) is 24.7 Å². The minimum Gasteiger partial charge on any atom is -0.396 e. The Labute approximate surface area is 146 Å². The lowest BCUT2D eigenvalue weighted by atomic mass is 9.92. The highest BCUT2D eigenvalue weighted by atomic mass is 32.2. The highest BCUT2D eigenvalue weighted by Gasteiger charge is 2.13. The lowest BCUT2D eigenvalue weighted by Crippen LogP contribution is -2.17. The highest BCUT2D eigenvalue weighted by molar-refractivity contribution is 7.99. The molecule has 24 heavy (non-hydrogen) atoms. The molecule has 126 valence electrons. The van der Waals surface area contributed by atoms with Gasteiger partial charge in [0.1, 0.15) is 5.82 Å². The van der Waals surface area contributed by atoms with Gasteiger partial charge in [0, 0.05) is 30.0 Å².